The summed E-state index contributed by atoms with van der Waals surface area (Å²) in [5.41, 5.74) is 0. The Bertz CT molecular complexity index is 232. The summed E-state index contributed by atoms with van der Waals surface area (Å²) in [7, 11) is 0. The van der Waals surface area contributed by atoms with Crippen LogP contribution in [0.1, 0.15) is 51.9 Å². The zero-order valence-corrected chi connectivity index (χ0v) is 10.4. The number of carbonyl (C=O) groups excluding carboxylic acids is 1. The lowest BCUT2D eigenvalue weighted by molar-refractivity contribution is -0.123. The minimum Gasteiger partial charge on any atom is -0.352 e. The second-order valence-corrected chi connectivity index (χ2v) is 5.20. The molecule has 0 bridgehead atoms. The Labute approximate surface area is 98.6 Å². The second kappa shape index (κ2) is 5.67. The van der Waals surface area contributed by atoms with Crippen LogP contribution in [0.2, 0.25) is 0 Å². The summed E-state index contributed by atoms with van der Waals surface area (Å²) < 4.78 is 0. The summed E-state index contributed by atoms with van der Waals surface area (Å²) in [6.45, 7) is 3.76. The highest BCUT2D eigenvalue weighted by Crippen LogP contribution is 2.26. The van der Waals surface area contributed by atoms with Crippen LogP contribution in [0.25, 0.3) is 0 Å². The van der Waals surface area contributed by atoms with Crippen molar-refractivity contribution in [2.75, 3.05) is 13.1 Å². The first kappa shape index (κ1) is 11.9. The molecule has 0 radical (unpaired) electrons. The number of rotatable bonds is 5. The third kappa shape index (κ3) is 3.48. The lowest BCUT2D eigenvalue weighted by atomic mass is 9.95. The molecule has 2 saturated carbocycles. The number of carbonyl (C=O) groups is 1. The van der Waals surface area contributed by atoms with Gasteiger partial charge in [0.1, 0.15) is 0 Å². The van der Waals surface area contributed by atoms with Gasteiger partial charge in [0, 0.05) is 12.1 Å². The molecule has 2 aliphatic carbocycles. The van der Waals surface area contributed by atoms with Gasteiger partial charge in [-0.2, -0.15) is 0 Å². The van der Waals surface area contributed by atoms with Gasteiger partial charge in [-0.1, -0.05) is 26.2 Å². The standard InChI is InChI=1S/C13H24N2O/c1-2-15(12-8-9-12)10-13(16)14-11-6-4-3-5-7-11/h11-12H,2-10H2,1H3,(H,14,16). The molecule has 0 heterocycles. The maximum Gasteiger partial charge on any atom is 0.234 e. The third-order valence-corrected chi connectivity index (χ3v) is 3.79. The molecule has 0 aromatic carbocycles. The molecule has 0 aromatic heterocycles. The molecule has 3 nitrogen and oxygen atoms in total. The van der Waals surface area contributed by atoms with E-state index < -0.39 is 0 Å². The van der Waals surface area contributed by atoms with Crippen molar-refractivity contribution in [2.45, 2.75) is 64.0 Å². The van der Waals surface area contributed by atoms with E-state index in [1.165, 1.54) is 44.9 Å². The lowest BCUT2D eigenvalue weighted by Gasteiger charge is -2.25. The smallest absolute Gasteiger partial charge is 0.234 e. The number of amides is 1. The highest BCUT2D eigenvalue weighted by atomic mass is 16.2. The summed E-state index contributed by atoms with van der Waals surface area (Å²) >= 11 is 0. The average Bonchev–Trinajstić information content (AvgIpc) is 3.11. The van der Waals surface area contributed by atoms with E-state index in [9.17, 15) is 4.79 Å². The van der Waals surface area contributed by atoms with Crippen LogP contribution in [0.15, 0.2) is 0 Å². The van der Waals surface area contributed by atoms with Gasteiger partial charge in [-0.05, 0) is 32.2 Å². The van der Waals surface area contributed by atoms with E-state index in [1.54, 1.807) is 0 Å². The molecule has 0 saturated heterocycles. The summed E-state index contributed by atoms with van der Waals surface area (Å²) in [5, 5.41) is 3.19. The molecular formula is C13H24N2O. The van der Waals surface area contributed by atoms with Crippen LogP contribution in [0.5, 0.6) is 0 Å². The molecule has 0 aliphatic heterocycles. The molecule has 2 aliphatic rings. The molecule has 1 N–H and O–H groups in total. The zero-order valence-electron chi connectivity index (χ0n) is 10.4. The van der Waals surface area contributed by atoms with Crippen LogP contribution in [-0.4, -0.2) is 36.0 Å². The first-order chi connectivity index (χ1) is 7.79. The van der Waals surface area contributed by atoms with Gasteiger partial charge in [-0.3, -0.25) is 9.69 Å². The van der Waals surface area contributed by atoms with Gasteiger partial charge in [0.05, 0.1) is 6.54 Å². The first-order valence-corrected chi connectivity index (χ1v) is 6.83. The van der Waals surface area contributed by atoms with E-state index in [2.05, 4.69) is 17.1 Å². The van der Waals surface area contributed by atoms with Crippen molar-refractivity contribution in [1.82, 2.24) is 10.2 Å². The molecule has 0 atom stereocenters. The number of nitrogens with zero attached hydrogens (tertiary/aromatic N) is 1. The molecule has 0 unspecified atom stereocenters. The molecule has 2 fully saturated rings. The predicted octanol–water partition coefficient (Wildman–Crippen LogP) is 1.92. The maximum atomic E-state index is 11.9. The second-order valence-electron chi connectivity index (χ2n) is 5.20. The zero-order chi connectivity index (χ0) is 11.4. The summed E-state index contributed by atoms with van der Waals surface area (Å²) in [5.74, 6) is 0.237. The SMILES string of the molecule is CCN(CC(=O)NC1CCCCC1)C1CC1. The van der Waals surface area contributed by atoms with E-state index in [1.807, 2.05) is 0 Å². The van der Waals surface area contributed by atoms with E-state index in [0.717, 1.165) is 6.54 Å². The Morgan fingerprint density at radius 1 is 1.19 bits per heavy atom. The highest BCUT2D eigenvalue weighted by Gasteiger charge is 2.29. The van der Waals surface area contributed by atoms with Crippen molar-refractivity contribution < 1.29 is 4.79 Å². The normalized spacial score (nSPS) is 22.4. The minimum atomic E-state index is 0.237. The van der Waals surface area contributed by atoms with E-state index in [4.69, 9.17) is 0 Å². The Balaban J connectivity index is 1.69. The van der Waals surface area contributed by atoms with Crippen molar-refractivity contribution in [3.8, 4) is 0 Å². The largest absolute Gasteiger partial charge is 0.352 e. The Morgan fingerprint density at radius 3 is 2.44 bits per heavy atom. The summed E-state index contributed by atoms with van der Waals surface area (Å²) in [6.07, 6.45) is 8.84. The molecule has 3 heteroatoms. The van der Waals surface area contributed by atoms with Gasteiger partial charge in [0.2, 0.25) is 5.91 Å². The minimum absolute atomic E-state index is 0.237. The van der Waals surface area contributed by atoms with Gasteiger partial charge >= 0.3 is 0 Å². The Kier molecular flexibility index (Phi) is 4.22. The quantitative estimate of drug-likeness (QED) is 0.774. The Hall–Kier alpha value is -0.570. The number of hydrogen-bond donors (Lipinski definition) is 1. The predicted molar refractivity (Wildman–Crippen MR) is 65.3 cm³/mol. The van der Waals surface area contributed by atoms with Crippen LogP contribution >= 0.6 is 0 Å². The summed E-state index contributed by atoms with van der Waals surface area (Å²) in [6, 6.07) is 1.15. The van der Waals surface area contributed by atoms with Crippen LogP contribution in [0.4, 0.5) is 0 Å². The topological polar surface area (TPSA) is 32.3 Å². The highest BCUT2D eigenvalue weighted by molar-refractivity contribution is 5.78. The molecule has 0 spiro atoms. The number of hydrogen-bond acceptors (Lipinski definition) is 2. The molecule has 1 amide bonds. The van der Waals surface area contributed by atoms with Crippen LogP contribution in [0, 0.1) is 0 Å². The van der Waals surface area contributed by atoms with Crippen molar-refractivity contribution in [2.24, 2.45) is 0 Å². The van der Waals surface area contributed by atoms with E-state index in [0.29, 0.717) is 18.6 Å². The van der Waals surface area contributed by atoms with Gasteiger partial charge in [0.25, 0.3) is 0 Å². The fraction of sp³-hybridized carbons (Fsp3) is 0.923. The van der Waals surface area contributed by atoms with Gasteiger partial charge < -0.3 is 5.32 Å². The van der Waals surface area contributed by atoms with Crippen LogP contribution in [-0.2, 0) is 4.79 Å². The molecule has 16 heavy (non-hydrogen) atoms. The van der Waals surface area contributed by atoms with Gasteiger partial charge in [-0.25, -0.2) is 0 Å². The van der Waals surface area contributed by atoms with Crippen molar-refractivity contribution in [3.63, 3.8) is 0 Å². The van der Waals surface area contributed by atoms with Crippen molar-refractivity contribution >= 4 is 5.91 Å². The molecule has 0 aromatic rings. The fourth-order valence-corrected chi connectivity index (χ4v) is 2.64. The van der Waals surface area contributed by atoms with Crippen LogP contribution in [0.3, 0.4) is 0 Å². The lowest BCUT2D eigenvalue weighted by Crippen LogP contribution is -2.43. The fourth-order valence-electron chi connectivity index (χ4n) is 2.64. The van der Waals surface area contributed by atoms with Crippen molar-refractivity contribution in [1.29, 1.82) is 0 Å². The van der Waals surface area contributed by atoms with E-state index in [-0.39, 0.29) is 5.91 Å². The monoisotopic (exact) mass is 224 g/mol. The third-order valence-electron chi connectivity index (χ3n) is 3.79. The van der Waals surface area contributed by atoms with Gasteiger partial charge in [0.15, 0.2) is 0 Å². The van der Waals surface area contributed by atoms with Crippen molar-refractivity contribution in [3.05, 3.63) is 0 Å². The van der Waals surface area contributed by atoms with Gasteiger partial charge in [-0.15, -0.1) is 0 Å². The first-order valence-electron chi connectivity index (χ1n) is 6.83. The Morgan fingerprint density at radius 2 is 1.88 bits per heavy atom. The molecule has 92 valence electrons. The number of nitrogens with one attached hydrogen (secondary N) is 1. The maximum absolute atomic E-state index is 11.9. The average molecular weight is 224 g/mol. The van der Waals surface area contributed by atoms with E-state index >= 15 is 0 Å². The molecular weight excluding hydrogens is 200 g/mol. The van der Waals surface area contributed by atoms with Crippen LogP contribution < -0.4 is 5.32 Å². The summed E-state index contributed by atoms with van der Waals surface area (Å²) in [4.78, 5) is 14.2. The number of likely N-dealkylation sites (N-methyl/N-ethyl adjacent to an activating group) is 1. The molecule has 2 rings (SSSR count).